The molecule has 1 amide bonds. The summed E-state index contributed by atoms with van der Waals surface area (Å²) in [6, 6.07) is 5.99. The van der Waals surface area contributed by atoms with Gasteiger partial charge in [-0.05, 0) is 86.0 Å². The van der Waals surface area contributed by atoms with E-state index in [0.717, 1.165) is 32.1 Å². The molecule has 0 aromatic heterocycles. The number of amides is 1. The van der Waals surface area contributed by atoms with Crippen LogP contribution in [0.15, 0.2) is 23.3 Å². The molecule has 2 fully saturated rings. The molecule has 2 saturated carbocycles. The molecule has 2 N–H and O–H groups in total. The fourth-order valence-corrected chi connectivity index (χ4v) is 6.62. The number of hydrazone groups is 1. The molecule has 3 aliphatic carbocycles. The molecule has 0 unspecified atom stereocenters. The summed E-state index contributed by atoms with van der Waals surface area (Å²) >= 11 is 0. The maximum atomic E-state index is 12.3. The van der Waals surface area contributed by atoms with Gasteiger partial charge in [0.2, 0.25) is 5.91 Å². The number of hydrogen-bond acceptors (Lipinski definition) is 3. The van der Waals surface area contributed by atoms with Crippen molar-refractivity contribution in [2.24, 2.45) is 22.4 Å². The minimum Gasteiger partial charge on any atom is -0.508 e. The van der Waals surface area contributed by atoms with Crippen molar-refractivity contribution in [2.45, 2.75) is 96.8 Å². The van der Waals surface area contributed by atoms with E-state index in [0.29, 0.717) is 29.9 Å². The lowest BCUT2D eigenvalue weighted by Crippen LogP contribution is -2.43. The van der Waals surface area contributed by atoms with E-state index in [1.165, 1.54) is 55.4 Å². The van der Waals surface area contributed by atoms with Crippen LogP contribution in [0, 0.1) is 17.3 Å². The second-order valence-corrected chi connectivity index (χ2v) is 10.1. The SMILES string of the molecule is CCCCCCCC(=O)N/N=C1/CC[C@@H]2[C@@H]3CCc4cc(O)ccc4[C@@H]3CC[C@@]12C. The first-order valence-electron chi connectivity index (χ1n) is 12.2. The van der Waals surface area contributed by atoms with Crippen molar-refractivity contribution in [3.63, 3.8) is 0 Å². The van der Waals surface area contributed by atoms with E-state index in [4.69, 9.17) is 0 Å². The Kier molecular flexibility index (Phi) is 6.50. The van der Waals surface area contributed by atoms with E-state index in [1.54, 1.807) is 0 Å². The largest absolute Gasteiger partial charge is 0.508 e. The van der Waals surface area contributed by atoms with Gasteiger partial charge in [-0.15, -0.1) is 0 Å². The number of nitrogens with one attached hydrogen (secondary N) is 1. The molecule has 4 atom stereocenters. The number of carbonyl (C=O) groups excluding carboxylic acids is 1. The topological polar surface area (TPSA) is 61.7 Å². The molecule has 3 aliphatic rings. The number of carbonyl (C=O) groups is 1. The van der Waals surface area contributed by atoms with Crippen LogP contribution in [0.1, 0.15) is 102 Å². The Hall–Kier alpha value is -1.84. The Morgan fingerprint density at radius 3 is 2.83 bits per heavy atom. The lowest BCUT2D eigenvalue weighted by atomic mass is 9.55. The average Bonchev–Trinajstić information content (AvgIpc) is 3.08. The van der Waals surface area contributed by atoms with E-state index in [-0.39, 0.29) is 11.3 Å². The van der Waals surface area contributed by atoms with Gasteiger partial charge >= 0.3 is 0 Å². The highest BCUT2D eigenvalue weighted by molar-refractivity contribution is 5.93. The third-order valence-corrected chi connectivity index (χ3v) is 8.27. The molecule has 164 valence electrons. The van der Waals surface area contributed by atoms with Gasteiger partial charge in [-0.1, -0.05) is 45.6 Å². The number of unbranched alkanes of at least 4 members (excludes halogenated alkanes) is 4. The van der Waals surface area contributed by atoms with Crippen LogP contribution < -0.4 is 5.43 Å². The van der Waals surface area contributed by atoms with Crippen LogP contribution in [-0.4, -0.2) is 16.7 Å². The Labute approximate surface area is 181 Å². The Morgan fingerprint density at radius 2 is 2.00 bits per heavy atom. The number of benzene rings is 1. The summed E-state index contributed by atoms with van der Waals surface area (Å²) in [5.74, 6) is 2.44. The van der Waals surface area contributed by atoms with E-state index < -0.39 is 0 Å². The zero-order chi connectivity index (χ0) is 21.1. The van der Waals surface area contributed by atoms with Crippen molar-refractivity contribution in [3.05, 3.63) is 29.3 Å². The van der Waals surface area contributed by atoms with Crippen LogP contribution in [0.3, 0.4) is 0 Å². The maximum Gasteiger partial charge on any atom is 0.240 e. The molecule has 4 nitrogen and oxygen atoms in total. The van der Waals surface area contributed by atoms with Gasteiger partial charge in [0.05, 0.1) is 0 Å². The summed E-state index contributed by atoms with van der Waals surface area (Å²) in [5.41, 5.74) is 7.05. The monoisotopic (exact) mass is 410 g/mol. The zero-order valence-electron chi connectivity index (χ0n) is 18.8. The van der Waals surface area contributed by atoms with E-state index in [9.17, 15) is 9.90 Å². The third-order valence-electron chi connectivity index (χ3n) is 8.27. The van der Waals surface area contributed by atoms with Crippen molar-refractivity contribution in [1.29, 1.82) is 0 Å². The van der Waals surface area contributed by atoms with Crippen LogP contribution in [0.4, 0.5) is 0 Å². The molecule has 0 heterocycles. The molecule has 0 spiro atoms. The van der Waals surface area contributed by atoms with Gasteiger partial charge in [0.1, 0.15) is 5.75 Å². The van der Waals surface area contributed by atoms with Gasteiger partial charge in [-0.2, -0.15) is 5.10 Å². The predicted octanol–water partition coefficient (Wildman–Crippen LogP) is 6.08. The quantitative estimate of drug-likeness (QED) is 0.422. The molecule has 0 saturated heterocycles. The van der Waals surface area contributed by atoms with Crippen molar-refractivity contribution in [2.75, 3.05) is 0 Å². The number of fused-ring (bicyclic) bond motifs is 5. The van der Waals surface area contributed by atoms with Crippen LogP contribution in [0.25, 0.3) is 0 Å². The Morgan fingerprint density at radius 1 is 1.17 bits per heavy atom. The third kappa shape index (κ3) is 4.15. The highest BCUT2D eigenvalue weighted by Crippen LogP contribution is 2.59. The van der Waals surface area contributed by atoms with E-state index in [1.807, 2.05) is 12.1 Å². The molecule has 4 heteroatoms. The summed E-state index contributed by atoms with van der Waals surface area (Å²) < 4.78 is 0. The zero-order valence-corrected chi connectivity index (χ0v) is 18.8. The number of nitrogens with zero attached hydrogens (tertiary/aromatic N) is 1. The molecule has 30 heavy (non-hydrogen) atoms. The fourth-order valence-electron chi connectivity index (χ4n) is 6.62. The minimum absolute atomic E-state index is 0.0751. The maximum absolute atomic E-state index is 12.3. The van der Waals surface area contributed by atoms with Gasteiger partial charge in [0.25, 0.3) is 0 Å². The summed E-state index contributed by atoms with van der Waals surface area (Å²) in [5, 5.41) is 14.5. The van der Waals surface area contributed by atoms with Gasteiger partial charge in [-0.25, -0.2) is 5.43 Å². The smallest absolute Gasteiger partial charge is 0.240 e. The second-order valence-electron chi connectivity index (χ2n) is 10.1. The van der Waals surface area contributed by atoms with Gasteiger partial charge < -0.3 is 5.11 Å². The number of phenolic OH excluding ortho intramolecular Hbond substituents is 1. The molecule has 0 bridgehead atoms. The number of aromatic hydroxyl groups is 1. The van der Waals surface area contributed by atoms with Gasteiger partial charge in [-0.3, -0.25) is 4.79 Å². The molecule has 0 aliphatic heterocycles. The Balaban J connectivity index is 1.38. The highest BCUT2D eigenvalue weighted by Gasteiger charge is 2.53. The Bertz CT molecular complexity index is 802. The number of aryl methyl sites for hydroxylation is 1. The summed E-state index contributed by atoms with van der Waals surface area (Å²) in [6.07, 6.45) is 13.2. The standard InChI is InChI=1S/C26H38N2O2/c1-3-4-5-6-7-8-25(30)28-27-24-14-13-23-22-11-9-18-17-19(29)10-12-20(18)21(22)15-16-26(23,24)2/h10,12,17,21-23,29H,3-9,11,13-16H2,1-2H3,(H,28,30)/b27-24-/t21-,22+,23+,26+/m0/s1. The van der Waals surface area contributed by atoms with Crippen molar-refractivity contribution in [3.8, 4) is 5.75 Å². The average molecular weight is 411 g/mol. The normalized spacial score (nSPS) is 31.1. The molecule has 4 rings (SSSR count). The van der Waals surface area contributed by atoms with Crippen LogP contribution in [0.5, 0.6) is 5.75 Å². The van der Waals surface area contributed by atoms with Gasteiger partial charge in [0, 0.05) is 17.5 Å². The first-order valence-corrected chi connectivity index (χ1v) is 12.2. The van der Waals surface area contributed by atoms with Crippen LogP contribution in [0.2, 0.25) is 0 Å². The van der Waals surface area contributed by atoms with Crippen molar-refractivity contribution >= 4 is 11.6 Å². The second kappa shape index (κ2) is 9.11. The van der Waals surface area contributed by atoms with Crippen molar-refractivity contribution < 1.29 is 9.90 Å². The number of rotatable bonds is 7. The first kappa shape index (κ1) is 21.4. The predicted molar refractivity (Wildman–Crippen MR) is 122 cm³/mol. The van der Waals surface area contributed by atoms with Crippen molar-refractivity contribution in [1.82, 2.24) is 5.43 Å². The summed E-state index contributed by atoms with van der Waals surface area (Å²) in [7, 11) is 0. The van der Waals surface area contributed by atoms with Crippen LogP contribution >= 0.6 is 0 Å². The van der Waals surface area contributed by atoms with E-state index in [2.05, 4.69) is 30.4 Å². The number of phenols is 1. The highest BCUT2D eigenvalue weighted by atomic mass is 16.3. The fraction of sp³-hybridized carbons (Fsp3) is 0.692. The van der Waals surface area contributed by atoms with Gasteiger partial charge in [0.15, 0.2) is 0 Å². The summed E-state index contributed by atoms with van der Waals surface area (Å²) in [4.78, 5) is 12.3. The lowest BCUT2D eigenvalue weighted by Gasteiger charge is -2.49. The molecule has 1 aromatic rings. The molecular weight excluding hydrogens is 372 g/mol. The lowest BCUT2D eigenvalue weighted by molar-refractivity contribution is -0.121. The molecular formula is C26H38N2O2. The molecule has 0 radical (unpaired) electrons. The molecule has 1 aromatic carbocycles. The first-order chi connectivity index (χ1) is 14.5. The van der Waals surface area contributed by atoms with E-state index >= 15 is 0 Å². The number of hydrogen-bond donors (Lipinski definition) is 2. The van der Waals surface area contributed by atoms with Crippen LogP contribution in [-0.2, 0) is 11.2 Å². The summed E-state index contributed by atoms with van der Waals surface area (Å²) in [6.45, 7) is 4.60. The minimum atomic E-state index is 0.0751.